The number of aromatic carboxylic acids is 1. The Morgan fingerprint density at radius 1 is 1.41 bits per heavy atom. The summed E-state index contributed by atoms with van der Waals surface area (Å²) in [7, 11) is 0. The summed E-state index contributed by atoms with van der Waals surface area (Å²) in [6, 6.07) is 4.14. The first-order valence-electron chi connectivity index (χ1n) is 4.92. The minimum absolute atomic E-state index is 0.0985. The molecule has 0 aromatic heterocycles. The van der Waals surface area contributed by atoms with Gasteiger partial charge in [0.1, 0.15) is 6.10 Å². The zero-order valence-corrected chi connectivity index (χ0v) is 11.1. The number of carboxylic acid groups (broad SMARTS) is 1. The Balaban J connectivity index is 3.08. The molecular weight excluding hydrogens is 311 g/mol. The van der Waals surface area contributed by atoms with Crippen LogP contribution in [0.3, 0.4) is 0 Å². The summed E-state index contributed by atoms with van der Waals surface area (Å²) >= 11 is 8.83. The number of rotatable bonds is 5. The number of hydrogen-bond donors (Lipinski definition) is 3. The van der Waals surface area contributed by atoms with Crippen molar-refractivity contribution in [1.82, 2.24) is 0 Å². The molecule has 6 heteroatoms. The molecule has 0 bridgehead atoms. The summed E-state index contributed by atoms with van der Waals surface area (Å²) in [4.78, 5) is 11.0. The van der Waals surface area contributed by atoms with Gasteiger partial charge in [0.25, 0.3) is 0 Å². The lowest BCUT2D eigenvalue weighted by Gasteiger charge is -2.19. The van der Waals surface area contributed by atoms with Crippen LogP contribution in [0, 0.1) is 0 Å². The molecule has 2 atom stereocenters. The van der Waals surface area contributed by atoms with E-state index in [1.807, 2.05) is 0 Å². The van der Waals surface area contributed by atoms with Gasteiger partial charge in [0.05, 0.1) is 11.7 Å². The highest BCUT2D eigenvalue weighted by Gasteiger charge is 2.23. The van der Waals surface area contributed by atoms with Crippen LogP contribution in [0.15, 0.2) is 18.2 Å². The molecule has 3 N–H and O–H groups in total. The number of aliphatic hydroxyl groups excluding tert-OH is 2. The second-order valence-electron chi connectivity index (χ2n) is 3.53. The van der Waals surface area contributed by atoms with Gasteiger partial charge in [0.15, 0.2) is 0 Å². The van der Waals surface area contributed by atoms with Crippen molar-refractivity contribution in [2.75, 3.05) is 5.33 Å². The molecule has 1 rings (SSSR count). The molecule has 1 aromatic rings. The Labute approximate surface area is 112 Å². The van der Waals surface area contributed by atoms with Crippen LogP contribution < -0.4 is 0 Å². The van der Waals surface area contributed by atoms with E-state index in [1.165, 1.54) is 18.2 Å². The van der Waals surface area contributed by atoms with E-state index in [4.69, 9.17) is 16.7 Å². The molecule has 0 fully saturated rings. The summed E-state index contributed by atoms with van der Waals surface area (Å²) in [6.45, 7) is 0. The molecule has 0 aliphatic rings. The third-order valence-corrected chi connectivity index (χ3v) is 3.03. The number of hydrogen-bond acceptors (Lipinski definition) is 3. The third-order valence-electron chi connectivity index (χ3n) is 2.33. The van der Waals surface area contributed by atoms with Crippen LogP contribution in [0.1, 0.15) is 28.4 Å². The Kier molecular flexibility index (Phi) is 5.39. The summed E-state index contributed by atoms with van der Waals surface area (Å²) < 4.78 is 0. The van der Waals surface area contributed by atoms with Crippen LogP contribution >= 0.6 is 27.5 Å². The minimum Gasteiger partial charge on any atom is -0.478 e. The number of carboxylic acids is 1. The maximum absolute atomic E-state index is 11.0. The highest BCUT2D eigenvalue weighted by molar-refractivity contribution is 9.09. The van der Waals surface area contributed by atoms with Crippen LogP contribution in [0.2, 0.25) is 5.02 Å². The highest BCUT2D eigenvalue weighted by atomic mass is 79.9. The van der Waals surface area contributed by atoms with Gasteiger partial charge in [-0.3, -0.25) is 0 Å². The predicted molar refractivity (Wildman–Crippen MR) is 67.8 cm³/mol. The Morgan fingerprint density at radius 3 is 2.59 bits per heavy atom. The molecule has 0 amide bonds. The first kappa shape index (κ1) is 14.4. The van der Waals surface area contributed by atoms with Gasteiger partial charge in [-0.1, -0.05) is 33.6 Å². The lowest BCUT2D eigenvalue weighted by molar-refractivity contribution is 0.0164. The summed E-state index contributed by atoms with van der Waals surface area (Å²) in [5, 5.41) is 29.3. The number of carbonyl (C=O) groups is 1. The van der Waals surface area contributed by atoms with Crippen LogP contribution in [0.25, 0.3) is 0 Å². The lowest BCUT2D eigenvalue weighted by atomic mass is 9.97. The molecule has 0 aliphatic heterocycles. The zero-order chi connectivity index (χ0) is 13.0. The quantitative estimate of drug-likeness (QED) is 0.726. The van der Waals surface area contributed by atoms with Crippen molar-refractivity contribution in [3.8, 4) is 0 Å². The fourth-order valence-electron chi connectivity index (χ4n) is 1.45. The van der Waals surface area contributed by atoms with E-state index in [9.17, 15) is 15.0 Å². The maximum Gasteiger partial charge on any atom is 0.336 e. The maximum atomic E-state index is 11.0. The largest absolute Gasteiger partial charge is 0.478 e. The van der Waals surface area contributed by atoms with Gasteiger partial charge >= 0.3 is 5.97 Å². The van der Waals surface area contributed by atoms with Gasteiger partial charge in [-0.25, -0.2) is 4.79 Å². The zero-order valence-electron chi connectivity index (χ0n) is 8.81. The van der Waals surface area contributed by atoms with Crippen molar-refractivity contribution in [1.29, 1.82) is 0 Å². The van der Waals surface area contributed by atoms with Crippen molar-refractivity contribution in [2.45, 2.75) is 18.6 Å². The SMILES string of the molecule is O=C(O)c1cc(Cl)ccc1C(O)C(O)CCBr. The van der Waals surface area contributed by atoms with Crippen molar-refractivity contribution in [2.24, 2.45) is 0 Å². The van der Waals surface area contributed by atoms with Crippen molar-refractivity contribution in [3.63, 3.8) is 0 Å². The van der Waals surface area contributed by atoms with E-state index in [0.717, 1.165) is 0 Å². The van der Waals surface area contributed by atoms with E-state index in [0.29, 0.717) is 11.8 Å². The van der Waals surface area contributed by atoms with E-state index in [-0.39, 0.29) is 16.1 Å². The first-order chi connectivity index (χ1) is 7.97. The molecule has 0 aliphatic carbocycles. The van der Waals surface area contributed by atoms with E-state index >= 15 is 0 Å². The van der Waals surface area contributed by atoms with Crippen molar-refractivity contribution in [3.05, 3.63) is 34.3 Å². The van der Waals surface area contributed by atoms with E-state index in [2.05, 4.69) is 15.9 Å². The normalized spacial score (nSPS) is 14.4. The molecular formula is C11H12BrClO4. The average molecular weight is 324 g/mol. The average Bonchev–Trinajstić information content (AvgIpc) is 2.28. The van der Waals surface area contributed by atoms with Gasteiger partial charge in [-0.15, -0.1) is 0 Å². The van der Waals surface area contributed by atoms with Gasteiger partial charge in [0, 0.05) is 10.4 Å². The Bertz CT molecular complexity index is 410. The van der Waals surface area contributed by atoms with Gasteiger partial charge < -0.3 is 15.3 Å². The van der Waals surface area contributed by atoms with E-state index < -0.39 is 18.2 Å². The lowest BCUT2D eigenvalue weighted by Crippen LogP contribution is -2.21. The van der Waals surface area contributed by atoms with Crippen LogP contribution in [-0.2, 0) is 0 Å². The number of benzene rings is 1. The van der Waals surface area contributed by atoms with Crippen molar-refractivity contribution >= 4 is 33.5 Å². The van der Waals surface area contributed by atoms with Crippen molar-refractivity contribution < 1.29 is 20.1 Å². The smallest absolute Gasteiger partial charge is 0.336 e. The summed E-state index contributed by atoms with van der Waals surface area (Å²) in [5.41, 5.74) is 0.0639. The van der Waals surface area contributed by atoms with Crippen LogP contribution in [-0.4, -0.2) is 32.7 Å². The predicted octanol–water partition coefficient (Wildman–Crippen LogP) is 2.22. The van der Waals surface area contributed by atoms with E-state index in [1.54, 1.807) is 0 Å². The molecule has 1 aromatic carbocycles. The second kappa shape index (κ2) is 6.35. The summed E-state index contributed by atoms with van der Waals surface area (Å²) in [5.74, 6) is -1.19. The monoisotopic (exact) mass is 322 g/mol. The standard InChI is InChI=1S/C11H12BrClO4/c12-4-3-9(14)10(15)7-2-1-6(13)5-8(7)11(16)17/h1-2,5,9-10,14-15H,3-4H2,(H,16,17). The topological polar surface area (TPSA) is 77.8 Å². The Hall–Kier alpha value is -0.620. The molecule has 0 heterocycles. The third kappa shape index (κ3) is 3.67. The van der Waals surface area contributed by atoms with Gasteiger partial charge in [-0.2, -0.15) is 0 Å². The summed E-state index contributed by atoms with van der Waals surface area (Å²) in [6.07, 6.45) is -1.94. The number of halogens is 2. The highest BCUT2D eigenvalue weighted by Crippen LogP contribution is 2.25. The molecule has 4 nitrogen and oxygen atoms in total. The van der Waals surface area contributed by atoms with Crippen LogP contribution in [0.5, 0.6) is 0 Å². The minimum atomic E-state index is -1.24. The Morgan fingerprint density at radius 2 is 2.06 bits per heavy atom. The molecule has 0 radical (unpaired) electrons. The number of alkyl halides is 1. The fourth-order valence-corrected chi connectivity index (χ4v) is 2.09. The van der Waals surface area contributed by atoms with Gasteiger partial charge in [-0.05, 0) is 24.1 Å². The molecule has 17 heavy (non-hydrogen) atoms. The molecule has 94 valence electrons. The number of aliphatic hydroxyl groups is 2. The van der Waals surface area contributed by atoms with Gasteiger partial charge in [0.2, 0.25) is 0 Å². The first-order valence-corrected chi connectivity index (χ1v) is 6.42. The molecule has 0 spiro atoms. The fraction of sp³-hybridized carbons (Fsp3) is 0.364. The van der Waals surface area contributed by atoms with Crippen LogP contribution in [0.4, 0.5) is 0 Å². The second-order valence-corrected chi connectivity index (χ2v) is 4.76. The molecule has 0 saturated heterocycles. The molecule has 0 saturated carbocycles. The molecule has 2 unspecified atom stereocenters.